The zero-order valence-corrected chi connectivity index (χ0v) is 17.8. The number of halogens is 1. The summed E-state index contributed by atoms with van der Waals surface area (Å²) < 4.78 is 31.6. The van der Waals surface area contributed by atoms with E-state index in [0.717, 1.165) is 5.01 Å². The van der Waals surface area contributed by atoms with Crippen molar-refractivity contribution in [1.29, 1.82) is 0 Å². The van der Waals surface area contributed by atoms with Gasteiger partial charge in [0.2, 0.25) is 5.82 Å². The molecule has 1 unspecified atom stereocenters. The van der Waals surface area contributed by atoms with Crippen LogP contribution in [0.2, 0.25) is 0 Å². The molecular formula is C22H19FN6O2S. The molecular weight excluding hydrogens is 431 g/mol. The summed E-state index contributed by atoms with van der Waals surface area (Å²) in [5.74, 6) is 5.97. The molecule has 0 saturated carbocycles. The van der Waals surface area contributed by atoms with Crippen LogP contribution in [0.3, 0.4) is 0 Å². The van der Waals surface area contributed by atoms with Crippen LogP contribution in [0.4, 0.5) is 10.1 Å². The number of hydrogen-bond acceptors (Lipinski definition) is 8. The molecule has 2 aromatic heterocycles. The standard InChI is InChI=1S/C22H19FN6O2S/c1-32(30)15-8-6-7-14(13-15)21-27-22(31-28-21)19(24)20(17-10-4-5-12-26-17)29(25)18-11-3-2-9-16(18)23/h2-13H,24-25H2,1H3/b20-19-. The van der Waals surface area contributed by atoms with Crippen molar-refractivity contribution in [3.05, 3.63) is 90.3 Å². The zero-order valence-electron chi connectivity index (χ0n) is 17.0. The Kier molecular flexibility index (Phi) is 6.06. The van der Waals surface area contributed by atoms with E-state index in [0.29, 0.717) is 16.2 Å². The Bertz CT molecular complexity index is 1310. The van der Waals surface area contributed by atoms with Gasteiger partial charge in [-0.1, -0.05) is 35.5 Å². The highest BCUT2D eigenvalue weighted by atomic mass is 32.2. The highest BCUT2D eigenvalue weighted by molar-refractivity contribution is 7.84. The van der Waals surface area contributed by atoms with Crippen molar-refractivity contribution in [2.45, 2.75) is 4.90 Å². The molecule has 8 nitrogen and oxygen atoms in total. The number of nitrogens with zero attached hydrogens (tertiary/aromatic N) is 4. The molecule has 0 saturated heterocycles. The summed E-state index contributed by atoms with van der Waals surface area (Å²) in [6, 6.07) is 18.1. The monoisotopic (exact) mass is 450 g/mol. The molecule has 10 heteroatoms. The maximum atomic E-state index is 14.4. The highest BCUT2D eigenvalue weighted by Gasteiger charge is 2.23. The SMILES string of the molecule is CS(=O)c1cccc(-c2noc(/C(N)=C(\c3ccccn3)N(N)c3ccccc3F)n2)c1. The maximum absolute atomic E-state index is 14.4. The van der Waals surface area contributed by atoms with Crippen LogP contribution in [0.5, 0.6) is 0 Å². The van der Waals surface area contributed by atoms with Gasteiger partial charge in [-0.05, 0) is 36.4 Å². The lowest BCUT2D eigenvalue weighted by Gasteiger charge is -2.23. The van der Waals surface area contributed by atoms with E-state index in [-0.39, 0.29) is 28.8 Å². The van der Waals surface area contributed by atoms with Gasteiger partial charge in [-0.2, -0.15) is 4.98 Å². The highest BCUT2D eigenvalue weighted by Crippen LogP contribution is 2.29. The molecule has 0 bridgehead atoms. The minimum absolute atomic E-state index is 0.0171. The number of hydrazine groups is 1. The minimum atomic E-state index is -1.16. The fourth-order valence-electron chi connectivity index (χ4n) is 3.03. The fourth-order valence-corrected chi connectivity index (χ4v) is 3.59. The Labute approximate surface area is 185 Å². The van der Waals surface area contributed by atoms with Crippen LogP contribution in [-0.4, -0.2) is 25.6 Å². The van der Waals surface area contributed by atoms with Gasteiger partial charge >= 0.3 is 0 Å². The van der Waals surface area contributed by atoms with Gasteiger partial charge in [-0.3, -0.25) is 14.2 Å². The summed E-state index contributed by atoms with van der Waals surface area (Å²) in [4.78, 5) is 9.28. The van der Waals surface area contributed by atoms with Crippen molar-refractivity contribution in [2.24, 2.45) is 11.6 Å². The predicted octanol–water partition coefficient (Wildman–Crippen LogP) is 3.17. The third-order valence-electron chi connectivity index (χ3n) is 4.60. The lowest BCUT2D eigenvalue weighted by Crippen LogP contribution is -2.32. The Morgan fingerprint density at radius 3 is 2.59 bits per heavy atom. The molecule has 4 N–H and O–H groups in total. The van der Waals surface area contributed by atoms with E-state index >= 15 is 0 Å². The summed E-state index contributed by atoms with van der Waals surface area (Å²) >= 11 is 0. The number of pyridine rings is 1. The molecule has 2 aromatic carbocycles. The smallest absolute Gasteiger partial charge is 0.276 e. The van der Waals surface area contributed by atoms with E-state index in [9.17, 15) is 8.60 Å². The second-order valence-corrected chi connectivity index (χ2v) is 8.08. The van der Waals surface area contributed by atoms with Gasteiger partial charge in [-0.25, -0.2) is 10.2 Å². The summed E-state index contributed by atoms with van der Waals surface area (Å²) in [6.07, 6.45) is 3.15. The van der Waals surface area contributed by atoms with Crippen LogP contribution in [0.25, 0.3) is 22.8 Å². The van der Waals surface area contributed by atoms with Crippen molar-refractivity contribution in [3.63, 3.8) is 0 Å². The summed E-state index contributed by atoms with van der Waals surface area (Å²) in [7, 11) is -1.16. The van der Waals surface area contributed by atoms with E-state index in [1.54, 1.807) is 67.0 Å². The zero-order chi connectivity index (χ0) is 22.7. The second kappa shape index (κ2) is 9.08. The molecule has 4 aromatic rings. The predicted molar refractivity (Wildman–Crippen MR) is 120 cm³/mol. The molecule has 162 valence electrons. The number of nitrogens with two attached hydrogens (primary N) is 2. The summed E-state index contributed by atoms with van der Waals surface area (Å²) in [6.45, 7) is 0. The Morgan fingerprint density at radius 2 is 1.88 bits per heavy atom. The molecule has 32 heavy (non-hydrogen) atoms. The third-order valence-corrected chi connectivity index (χ3v) is 5.51. The van der Waals surface area contributed by atoms with E-state index in [2.05, 4.69) is 15.1 Å². The molecule has 4 rings (SSSR count). The number of para-hydroxylation sites is 1. The first-order valence-corrected chi connectivity index (χ1v) is 11.0. The van der Waals surface area contributed by atoms with E-state index in [1.807, 2.05) is 0 Å². The van der Waals surface area contributed by atoms with Crippen molar-refractivity contribution >= 4 is 27.9 Å². The molecule has 2 heterocycles. The van der Waals surface area contributed by atoms with E-state index in [4.69, 9.17) is 16.1 Å². The topological polar surface area (TPSA) is 124 Å². The normalized spacial score (nSPS) is 12.8. The average molecular weight is 450 g/mol. The van der Waals surface area contributed by atoms with E-state index < -0.39 is 16.6 Å². The Balaban J connectivity index is 1.81. The molecule has 0 radical (unpaired) electrons. The van der Waals surface area contributed by atoms with E-state index in [1.165, 1.54) is 12.1 Å². The van der Waals surface area contributed by atoms with Gasteiger partial charge in [0.25, 0.3) is 5.89 Å². The number of benzene rings is 2. The fraction of sp³-hybridized carbons (Fsp3) is 0.0455. The molecule has 0 aliphatic rings. The molecule has 1 atom stereocenters. The Morgan fingerprint density at radius 1 is 1.09 bits per heavy atom. The van der Waals surface area contributed by atoms with Gasteiger partial charge in [0.05, 0.1) is 11.4 Å². The molecule has 0 aliphatic heterocycles. The largest absolute Gasteiger partial charge is 0.392 e. The molecule has 0 aliphatic carbocycles. The van der Waals surface area contributed by atoms with Crippen LogP contribution in [-0.2, 0) is 10.8 Å². The minimum Gasteiger partial charge on any atom is -0.392 e. The van der Waals surface area contributed by atoms with Gasteiger partial charge in [-0.15, -0.1) is 0 Å². The van der Waals surface area contributed by atoms with Crippen molar-refractivity contribution in [1.82, 2.24) is 15.1 Å². The first kappa shape index (κ1) is 21.3. The van der Waals surface area contributed by atoms with Crippen LogP contribution in [0.1, 0.15) is 11.6 Å². The van der Waals surface area contributed by atoms with Gasteiger partial charge in [0.1, 0.15) is 17.2 Å². The Hall–Kier alpha value is -3.89. The first-order valence-electron chi connectivity index (χ1n) is 9.44. The van der Waals surface area contributed by atoms with Crippen LogP contribution in [0.15, 0.2) is 82.3 Å². The second-order valence-electron chi connectivity index (χ2n) is 6.70. The number of aromatic nitrogens is 3. The van der Waals surface area contributed by atoms with Gasteiger partial charge in [0.15, 0.2) is 0 Å². The van der Waals surface area contributed by atoms with Gasteiger partial charge in [0, 0.05) is 33.7 Å². The average Bonchev–Trinajstić information content (AvgIpc) is 3.31. The number of hydrogen-bond donors (Lipinski definition) is 2. The van der Waals surface area contributed by atoms with Crippen LogP contribution < -0.4 is 16.6 Å². The number of anilines is 1. The van der Waals surface area contributed by atoms with Crippen molar-refractivity contribution < 1.29 is 13.1 Å². The first-order chi connectivity index (χ1) is 15.5. The third kappa shape index (κ3) is 4.27. The quantitative estimate of drug-likeness (QED) is 0.339. The number of rotatable bonds is 6. The molecule has 0 spiro atoms. The summed E-state index contributed by atoms with van der Waals surface area (Å²) in [5.41, 5.74) is 7.68. The lowest BCUT2D eigenvalue weighted by atomic mass is 10.2. The molecule has 0 amide bonds. The molecule has 0 fully saturated rings. The summed E-state index contributed by atoms with van der Waals surface area (Å²) in [5, 5.41) is 5.08. The van der Waals surface area contributed by atoms with Crippen molar-refractivity contribution in [2.75, 3.05) is 11.3 Å². The van der Waals surface area contributed by atoms with Gasteiger partial charge < -0.3 is 10.3 Å². The van der Waals surface area contributed by atoms with Crippen LogP contribution >= 0.6 is 0 Å². The van der Waals surface area contributed by atoms with Crippen molar-refractivity contribution in [3.8, 4) is 11.4 Å². The van der Waals surface area contributed by atoms with Crippen LogP contribution in [0, 0.1) is 5.82 Å². The maximum Gasteiger partial charge on any atom is 0.276 e. The lowest BCUT2D eigenvalue weighted by molar-refractivity contribution is 0.408.